The second kappa shape index (κ2) is 6.41. The summed E-state index contributed by atoms with van der Waals surface area (Å²) in [4.78, 5) is 20.1. The van der Waals surface area contributed by atoms with Crippen LogP contribution in [-0.4, -0.2) is 28.0 Å². The van der Waals surface area contributed by atoms with E-state index < -0.39 is 5.91 Å². The zero-order chi connectivity index (χ0) is 19.3. The second-order valence-corrected chi connectivity index (χ2v) is 8.78. The maximum atomic E-state index is 13.3. The maximum absolute atomic E-state index is 13.3. The highest BCUT2D eigenvalue weighted by molar-refractivity contribution is 7.22. The minimum absolute atomic E-state index is 0.0689. The Bertz CT molecular complexity index is 1060. The molecule has 1 aromatic carbocycles. The molecule has 6 nitrogen and oxygen atoms in total. The molecule has 2 aliphatic carbocycles. The Labute approximate surface area is 164 Å². The van der Waals surface area contributed by atoms with E-state index in [1.807, 2.05) is 0 Å². The number of carbonyl (C=O) groups is 1. The number of hydrogen-bond donors (Lipinski definition) is 2. The van der Waals surface area contributed by atoms with E-state index in [1.54, 1.807) is 24.4 Å². The summed E-state index contributed by atoms with van der Waals surface area (Å²) in [5.74, 6) is -0.440. The van der Waals surface area contributed by atoms with Gasteiger partial charge in [0.2, 0.25) is 5.88 Å². The highest BCUT2D eigenvalue weighted by Gasteiger charge is 2.54. The predicted molar refractivity (Wildman–Crippen MR) is 105 cm³/mol. The van der Waals surface area contributed by atoms with Crippen molar-refractivity contribution in [3.63, 3.8) is 0 Å². The summed E-state index contributed by atoms with van der Waals surface area (Å²) in [5, 5.41) is 4.31. The zero-order valence-corrected chi connectivity index (χ0v) is 15.8. The molecular weight excluding hydrogens is 379 g/mol. The predicted octanol–water partition coefficient (Wildman–Crippen LogP) is 3.73. The zero-order valence-electron chi connectivity index (χ0n) is 15.0. The van der Waals surface area contributed by atoms with Crippen LogP contribution in [0.15, 0.2) is 36.5 Å². The van der Waals surface area contributed by atoms with Gasteiger partial charge in [0.1, 0.15) is 17.5 Å². The van der Waals surface area contributed by atoms with Crippen molar-refractivity contribution in [1.82, 2.24) is 9.97 Å². The van der Waals surface area contributed by atoms with Crippen LogP contribution >= 0.6 is 11.3 Å². The number of hydrogen-bond acceptors (Lipinski definition) is 6. The van der Waals surface area contributed by atoms with Crippen molar-refractivity contribution in [2.45, 2.75) is 37.8 Å². The Morgan fingerprint density at radius 3 is 2.89 bits per heavy atom. The minimum atomic E-state index is -0.527. The summed E-state index contributed by atoms with van der Waals surface area (Å²) in [5.41, 5.74) is 6.82. The Hall–Kier alpha value is -2.74. The molecule has 144 valence electrons. The van der Waals surface area contributed by atoms with E-state index in [2.05, 4.69) is 15.3 Å². The monoisotopic (exact) mass is 398 g/mol. The summed E-state index contributed by atoms with van der Waals surface area (Å²) in [6.07, 6.45) is 5.68. The Balaban J connectivity index is 1.15. The van der Waals surface area contributed by atoms with E-state index in [1.165, 1.54) is 23.5 Å². The second-order valence-electron chi connectivity index (χ2n) is 7.75. The van der Waals surface area contributed by atoms with E-state index in [9.17, 15) is 9.18 Å². The fraction of sp³-hybridized carbons (Fsp3) is 0.350. The summed E-state index contributed by atoms with van der Waals surface area (Å²) < 4.78 is 20.1. The van der Waals surface area contributed by atoms with Crippen molar-refractivity contribution >= 4 is 32.6 Å². The van der Waals surface area contributed by atoms with E-state index >= 15 is 0 Å². The Morgan fingerprint density at radius 2 is 2.11 bits per heavy atom. The van der Waals surface area contributed by atoms with Crippen LogP contribution in [0.25, 0.3) is 10.2 Å². The number of aromatic nitrogens is 2. The smallest absolute Gasteiger partial charge is 0.254 e. The van der Waals surface area contributed by atoms with Crippen LogP contribution in [-0.2, 0) is 0 Å². The van der Waals surface area contributed by atoms with Crippen LogP contribution in [0.2, 0.25) is 0 Å². The molecule has 0 radical (unpaired) electrons. The largest absolute Gasteiger partial charge is 0.474 e. The van der Waals surface area contributed by atoms with Gasteiger partial charge < -0.3 is 15.8 Å². The molecule has 8 heteroatoms. The third kappa shape index (κ3) is 3.07. The fourth-order valence-electron chi connectivity index (χ4n) is 4.38. The van der Waals surface area contributed by atoms with Gasteiger partial charge in [-0.2, -0.15) is 0 Å². The maximum Gasteiger partial charge on any atom is 0.254 e. The van der Waals surface area contributed by atoms with Crippen LogP contribution in [0.5, 0.6) is 5.88 Å². The number of primary amides is 1. The normalized spacial score (nSPS) is 25.9. The first-order valence-corrected chi connectivity index (χ1v) is 10.1. The van der Waals surface area contributed by atoms with E-state index in [-0.39, 0.29) is 11.9 Å². The standard InChI is InChI=1S/C20H19FN4O2S/c21-11-3-4-15-16(6-11)28-19(25-15)24-12-7-20(8-12)9-13(10-20)27-18-14(17(22)26)2-1-5-23-18/h1-6,12-13H,7-10H2,(H2,22,26)(H,24,25). The Kier molecular flexibility index (Phi) is 3.97. The summed E-state index contributed by atoms with van der Waals surface area (Å²) >= 11 is 1.48. The van der Waals surface area contributed by atoms with Crippen molar-refractivity contribution in [2.75, 3.05) is 5.32 Å². The lowest BCUT2D eigenvalue weighted by Gasteiger charge is -2.57. The number of ether oxygens (including phenoxy) is 1. The summed E-state index contributed by atoms with van der Waals surface area (Å²) in [6, 6.07) is 8.35. The molecule has 0 saturated heterocycles. The highest BCUT2D eigenvalue weighted by atomic mass is 32.1. The molecular formula is C20H19FN4O2S. The SMILES string of the molecule is NC(=O)c1cccnc1OC1CC2(CC(Nc3nc4ccc(F)cc4s3)C2)C1. The van der Waals surface area contributed by atoms with Gasteiger partial charge in [-0.15, -0.1) is 0 Å². The number of halogens is 1. The van der Waals surface area contributed by atoms with Crippen molar-refractivity contribution in [2.24, 2.45) is 11.1 Å². The number of anilines is 1. The van der Waals surface area contributed by atoms with Crippen molar-refractivity contribution in [1.29, 1.82) is 0 Å². The van der Waals surface area contributed by atoms with Gasteiger partial charge in [0.15, 0.2) is 5.13 Å². The first kappa shape index (κ1) is 17.4. The number of fused-ring (bicyclic) bond motifs is 1. The van der Waals surface area contributed by atoms with Gasteiger partial charge >= 0.3 is 0 Å². The molecule has 1 amide bonds. The number of pyridine rings is 1. The number of rotatable bonds is 5. The molecule has 1 spiro atoms. The molecule has 2 saturated carbocycles. The quantitative estimate of drug-likeness (QED) is 0.683. The average molecular weight is 398 g/mol. The topological polar surface area (TPSA) is 90.1 Å². The van der Waals surface area contributed by atoms with Gasteiger partial charge in [0.25, 0.3) is 5.91 Å². The van der Waals surface area contributed by atoms with Gasteiger partial charge in [0.05, 0.1) is 10.2 Å². The number of nitrogens with two attached hydrogens (primary N) is 1. The average Bonchev–Trinajstić information content (AvgIpc) is 2.99. The molecule has 3 N–H and O–H groups in total. The van der Waals surface area contributed by atoms with Crippen LogP contribution in [0, 0.1) is 11.2 Å². The third-order valence-corrected chi connectivity index (χ3v) is 6.62. The van der Waals surface area contributed by atoms with E-state index in [0.717, 1.165) is 41.0 Å². The lowest BCUT2D eigenvalue weighted by molar-refractivity contribution is -0.0759. The van der Waals surface area contributed by atoms with Crippen LogP contribution in [0.3, 0.4) is 0 Å². The molecule has 2 aliphatic rings. The number of amides is 1. The van der Waals surface area contributed by atoms with Crippen LogP contribution in [0.4, 0.5) is 9.52 Å². The molecule has 28 heavy (non-hydrogen) atoms. The van der Waals surface area contributed by atoms with Crippen LogP contribution < -0.4 is 15.8 Å². The van der Waals surface area contributed by atoms with E-state index in [0.29, 0.717) is 22.9 Å². The molecule has 0 bridgehead atoms. The third-order valence-electron chi connectivity index (χ3n) is 5.67. The van der Waals surface area contributed by atoms with Crippen LogP contribution in [0.1, 0.15) is 36.0 Å². The number of carbonyl (C=O) groups excluding carboxylic acids is 1. The lowest BCUT2D eigenvalue weighted by atomic mass is 9.53. The molecule has 2 heterocycles. The van der Waals surface area contributed by atoms with E-state index in [4.69, 9.17) is 10.5 Å². The lowest BCUT2D eigenvalue weighted by Crippen LogP contribution is -2.56. The molecule has 2 fully saturated rings. The van der Waals surface area contributed by atoms with Crippen molar-refractivity contribution < 1.29 is 13.9 Å². The van der Waals surface area contributed by atoms with Gasteiger partial charge in [-0.1, -0.05) is 11.3 Å². The molecule has 5 rings (SSSR count). The molecule has 2 aromatic heterocycles. The number of thiazole rings is 1. The molecule has 0 aliphatic heterocycles. The Morgan fingerprint density at radius 1 is 1.29 bits per heavy atom. The first-order valence-electron chi connectivity index (χ1n) is 9.24. The van der Waals surface area contributed by atoms with Crippen molar-refractivity contribution in [3.8, 4) is 5.88 Å². The number of benzene rings is 1. The van der Waals surface area contributed by atoms with Crippen molar-refractivity contribution in [3.05, 3.63) is 47.9 Å². The number of nitrogens with zero attached hydrogens (tertiary/aromatic N) is 2. The summed E-state index contributed by atoms with van der Waals surface area (Å²) in [6.45, 7) is 0. The van der Waals surface area contributed by atoms with Gasteiger partial charge in [-0.05, 0) is 61.4 Å². The number of nitrogens with one attached hydrogen (secondary N) is 1. The highest BCUT2D eigenvalue weighted by Crippen LogP contribution is 2.57. The fourth-order valence-corrected chi connectivity index (χ4v) is 5.34. The summed E-state index contributed by atoms with van der Waals surface area (Å²) in [7, 11) is 0. The van der Waals surface area contributed by atoms with Gasteiger partial charge in [-0.3, -0.25) is 4.79 Å². The molecule has 0 unspecified atom stereocenters. The van der Waals surface area contributed by atoms with Gasteiger partial charge in [0, 0.05) is 12.2 Å². The minimum Gasteiger partial charge on any atom is -0.474 e. The molecule has 3 aromatic rings. The molecule has 0 atom stereocenters. The van der Waals surface area contributed by atoms with Gasteiger partial charge in [-0.25, -0.2) is 14.4 Å². The first-order chi connectivity index (χ1) is 13.5.